The summed E-state index contributed by atoms with van der Waals surface area (Å²) in [5.41, 5.74) is 4.24. The third-order valence-corrected chi connectivity index (χ3v) is 6.63. The Morgan fingerprint density at radius 2 is 1.55 bits per heavy atom. The molecule has 0 saturated carbocycles. The molecule has 7 nitrogen and oxygen atoms in total. The van der Waals surface area contributed by atoms with Crippen LogP contribution in [0.3, 0.4) is 0 Å². The summed E-state index contributed by atoms with van der Waals surface area (Å²) in [6, 6.07) is 15.9. The molecule has 162 valence electrons. The molecule has 0 unspecified atom stereocenters. The highest BCUT2D eigenvalue weighted by Crippen LogP contribution is 2.18. The average Bonchev–Trinajstić information content (AvgIpc) is 2.69. The molecule has 2 aromatic carbocycles. The number of benzene rings is 2. The molecule has 0 aliphatic heterocycles. The summed E-state index contributed by atoms with van der Waals surface area (Å²) in [7, 11) is -3.83. The third kappa shape index (κ3) is 6.80. The number of aromatic nitrogens is 2. The number of nitrogens with one attached hydrogen (secondary N) is 2. The van der Waals surface area contributed by atoms with E-state index in [9.17, 15) is 13.2 Å². The molecule has 0 aliphatic rings. The fourth-order valence-electron chi connectivity index (χ4n) is 2.81. The molecular formula is C22H24N4O3S2. The minimum atomic E-state index is -3.83. The minimum absolute atomic E-state index is 0.0282. The van der Waals surface area contributed by atoms with Gasteiger partial charge in [-0.2, -0.15) is 0 Å². The van der Waals surface area contributed by atoms with E-state index in [0.717, 1.165) is 5.75 Å². The summed E-state index contributed by atoms with van der Waals surface area (Å²) < 4.78 is 27.5. The van der Waals surface area contributed by atoms with E-state index < -0.39 is 10.0 Å². The zero-order valence-electron chi connectivity index (χ0n) is 17.5. The molecule has 31 heavy (non-hydrogen) atoms. The van der Waals surface area contributed by atoms with Crippen LogP contribution in [0.1, 0.15) is 22.5 Å². The van der Waals surface area contributed by atoms with Crippen molar-refractivity contribution in [3.63, 3.8) is 0 Å². The van der Waals surface area contributed by atoms with Gasteiger partial charge in [0.2, 0.25) is 11.9 Å². The number of anilines is 2. The number of carbonyl (C=O) groups is 1. The summed E-state index contributed by atoms with van der Waals surface area (Å²) in [4.78, 5) is 20.4. The van der Waals surface area contributed by atoms with E-state index in [0.29, 0.717) is 22.8 Å². The average molecular weight is 457 g/mol. The van der Waals surface area contributed by atoms with E-state index in [-0.39, 0.29) is 16.8 Å². The van der Waals surface area contributed by atoms with Gasteiger partial charge in [0, 0.05) is 22.8 Å². The van der Waals surface area contributed by atoms with Crippen LogP contribution in [0, 0.1) is 20.8 Å². The number of hydrogen-bond donors (Lipinski definition) is 2. The van der Waals surface area contributed by atoms with Crippen molar-refractivity contribution in [2.75, 3.05) is 15.8 Å². The van der Waals surface area contributed by atoms with Crippen molar-refractivity contribution in [1.82, 2.24) is 9.97 Å². The van der Waals surface area contributed by atoms with Crippen molar-refractivity contribution in [3.8, 4) is 0 Å². The Balaban J connectivity index is 1.55. The van der Waals surface area contributed by atoms with Crippen LogP contribution in [-0.4, -0.2) is 30.0 Å². The van der Waals surface area contributed by atoms with Gasteiger partial charge in [-0.3, -0.25) is 4.79 Å². The largest absolute Gasteiger partial charge is 0.325 e. The van der Waals surface area contributed by atoms with Gasteiger partial charge in [-0.15, -0.1) is 11.8 Å². The molecule has 0 saturated heterocycles. The van der Waals surface area contributed by atoms with Gasteiger partial charge in [0.15, 0.2) is 0 Å². The maximum atomic E-state index is 12.6. The van der Waals surface area contributed by atoms with Gasteiger partial charge < -0.3 is 5.32 Å². The minimum Gasteiger partial charge on any atom is -0.325 e. The summed E-state index contributed by atoms with van der Waals surface area (Å²) in [6.45, 7) is 5.57. The summed E-state index contributed by atoms with van der Waals surface area (Å²) >= 11 is 1.52. The quantitative estimate of drug-likeness (QED) is 0.530. The Bertz CT molecular complexity index is 1140. The number of amides is 1. The van der Waals surface area contributed by atoms with Crippen molar-refractivity contribution < 1.29 is 13.2 Å². The number of sulfonamides is 1. The summed E-state index contributed by atoms with van der Waals surface area (Å²) in [5, 5.41) is 2.78. The topological polar surface area (TPSA) is 101 Å². The van der Waals surface area contributed by atoms with Crippen molar-refractivity contribution in [2.24, 2.45) is 0 Å². The fraction of sp³-hybridized carbons (Fsp3) is 0.227. The van der Waals surface area contributed by atoms with Gasteiger partial charge in [0.05, 0.1) is 10.6 Å². The smallest absolute Gasteiger partial charge is 0.264 e. The van der Waals surface area contributed by atoms with Crippen LogP contribution >= 0.6 is 11.8 Å². The van der Waals surface area contributed by atoms with Gasteiger partial charge in [-0.05, 0) is 56.7 Å². The number of carbonyl (C=O) groups excluding carboxylic acids is 1. The van der Waals surface area contributed by atoms with E-state index >= 15 is 0 Å². The van der Waals surface area contributed by atoms with E-state index in [4.69, 9.17) is 0 Å². The number of thioether (sulfide) groups is 1. The highest BCUT2D eigenvalue weighted by atomic mass is 32.2. The number of nitrogens with zero attached hydrogens (tertiary/aromatic N) is 2. The Morgan fingerprint density at radius 1 is 0.935 bits per heavy atom. The second-order valence-corrected chi connectivity index (χ2v) is 9.80. The highest BCUT2D eigenvalue weighted by molar-refractivity contribution is 7.99. The SMILES string of the molecule is Cc1ccc(CSCC(=O)Nc2ccc(S(=O)(=O)Nc3nc(C)cc(C)n3)cc2)cc1. The van der Waals surface area contributed by atoms with Gasteiger partial charge in [0.1, 0.15) is 0 Å². The van der Waals surface area contributed by atoms with Crippen LogP contribution in [0.25, 0.3) is 0 Å². The molecule has 1 aromatic heterocycles. The summed E-state index contributed by atoms with van der Waals surface area (Å²) in [6.07, 6.45) is 0. The maximum absolute atomic E-state index is 12.6. The normalized spacial score (nSPS) is 11.2. The molecule has 1 amide bonds. The predicted molar refractivity (Wildman–Crippen MR) is 125 cm³/mol. The van der Waals surface area contributed by atoms with Crippen LogP contribution in [-0.2, 0) is 20.6 Å². The number of hydrogen-bond acceptors (Lipinski definition) is 6. The molecule has 0 radical (unpaired) electrons. The molecule has 3 aromatic rings. The third-order valence-electron chi connectivity index (χ3n) is 4.28. The molecule has 0 fully saturated rings. The van der Waals surface area contributed by atoms with Crippen molar-refractivity contribution in [1.29, 1.82) is 0 Å². The lowest BCUT2D eigenvalue weighted by atomic mass is 10.2. The van der Waals surface area contributed by atoms with Crippen LogP contribution in [0.5, 0.6) is 0 Å². The molecule has 0 bridgehead atoms. The highest BCUT2D eigenvalue weighted by Gasteiger charge is 2.16. The van der Waals surface area contributed by atoms with Crippen molar-refractivity contribution >= 4 is 39.3 Å². The van der Waals surface area contributed by atoms with E-state index in [1.807, 2.05) is 19.1 Å². The molecule has 3 rings (SSSR count). The first kappa shape index (κ1) is 22.8. The molecule has 1 heterocycles. The van der Waals surface area contributed by atoms with Crippen molar-refractivity contribution in [3.05, 3.63) is 77.1 Å². The van der Waals surface area contributed by atoms with Crippen molar-refractivity contribution in [2.45, 2.75) is 31.4 Å². The zero-order valence-corrected chi connectivity index (χ0v) is 19.2. The van der Waals surface area contributed by atoms with Crippen LogP contribution in [0.4, 0.5) is 11.6 Å². The number of rotatable bonds is 8. The number of aryl methyl sites for hydroxylation is 3. The Kier molecular flexibility index (Phi) is 7.29. The Labute approximate surface area is 186 Å². The van der Waals surface area contributed by atoms with Gasteiger partial charge in [0.25, 0.3) is 10.0 Å². The van der Waals surface area contributed by atoms with Crippen LogP contribution in [0.2, 0.25) is 0 Å². The maximum Gasteiger partial charge on any atom is 0.264 e. The molecule has 0 atom stereocenters. The molecule has 2 N–H and O–H groups in total. The lowest BCUT2D eigenvalue weighted by molar-refractivity contribution is -0.113. The van der Waals surface area contributed by atoms with E-state index in [1.54, 1.807) is 32.0 Å². The standard InChI is InChI=1S/C22H24N4O3S2/c1-15-4-6-18(7-5-15)13-30-14-21(27)25-19-8-10-20(11-9-19)31(28,29)26-22-23-16(2)12-17(3)24-22/h4-12H,13-14H2,1-3H3,(H,25,27)(H,23,24,26). The molecule has 0 spiro atoms. The fourth-order valence-corrected chi connectivity index (χ4v) is 4.54. The predicted octanol–water partition coefficient (Wildman–Crippen LogP) is 4.07. The lowest BCUT2D eigenvalue weighted by Crippen LogP contribution is -2.16. The molecular weight excluding hydrogens is 432 g/mol. The van der Waals surface area contributed by atoms with E-state index in [2.05, 4.69) is 32.1 Å². The van der Waals surface area contributed by atoms with Gasteiger partial charge in [-0.25, -0.2) is 23.1 Å². The second-order valence-electron chi connectivity index (χ2n) is 7.13. The van der Waals surface area contributed by atoms with Crippen LogP contribution < -0.4 is 10.0 Å². The van der Waals surface area contributed by atoms with Gasteiger partial charge in [-0.1, -0.05) is 29.8 Å². The zero-order chi connectivity index (χ0) is 22.4. The summed E-state index contributed by atoms with van der Waals surface area (Å²) in [5.74, 6) is 0.936. The van der Waals surface area contributed by atoms with Gasteiger partial charge >= 0.3 is 0 Å². The Morgan fingerprint density at radius 3 is 2.16 bits per heavy atom. The molecule has 9 heteroatoms. The monoisotopic (exact) mass is 456 g/mol. The van der Waals surface area contributed by atoms with Crippen LogP contribution in [0.15, 0.2) is 59.5 Å². The second kappa shape index (κ2) is 9.93. The lowest BCUT2D eigenvalue weighted by Gasteiger charge is -2.09. The first-order chi connectivity index (χ1) is 14.7. The first-order valence-corrected chi connectivity index (χ1v) is 12.2. The van der Waals surface area contributed by atoms with E-state index in [1.165, 1.54) is 35.0 Å². The molecule has 0 aliphatic carbocycles. The Hall–Kier alpha value is -2.91. The first-order valence-electron chi connectivity index (χ1n) is 9.59.